The highest BCUT2D eigenvalue weighted by molar-refractivity contribution is 5.91. The average molecular weight is 207 g/mol. The number of benzene rings is 1. The van der Waals surface area contributed by atoms with E-state index < -0.39 is 5.97 Å². The second-order valence-electron chi connectivity index (χ2n) is 3.05. The third kappa shape index (κ3) is 3.42. The van der Waals surface area contributed by atoms with Crippen LogP contribution in [-0.2, 0) is 14.3 Å². The van der Waals surface area contributed by atoms with E-state index >= 15 is 0 Å². The molecule has 1 aromatic rings. The fourth-order valence-corrected chi connectivity index (χ4v) is 1.11. The van der Waals surface area contributed by atoms with Gasteiger partial charge in [0.25, 0.3) is 0 Å². The van der Waals surface area contributed by atoms with E-state index in [2.05, 4.69) is 0 Å². The molecule has 0 radical (unpaired) electrons. The molecule has 15 heavy (non-hydrogen) atoms. The summed E-state index contributed by atoms with van der Waals surface area (Å²) in [5.74, 6) is -0.570. The number of rotatable bonds is 3. The highest BCUT2D eigenvalue weighted by Gasteiger charge is 2.11. The average Bonchev–Trinajstić information content (AvgIpc) is 2.18. The molecule has 0 aliphatic heterocycles. The Labute approximate surface area is 88.5 Å². The highest BCUT2D eigenvalue weighted by Crippen LogP contribution is 2.12. The predicted molar refractivity (Wildman–Crippen MR) is 56.2 cm³/mol. The van der Waals surface area contributed by atoms with Crippen LogP contribution in [0.1, 0.15) is 13.8 Å². The molecule has 0 atom stereocenters. The number of hydrogen-bond acceptors (Lipinski definition) is 3. The number of nitrogens with zero attached hydrogens (tertiary/aromatic N) is 1. The lowest BCUT2D eigenvalue weighted by Gasteiger charge is -2.20. The first-order valence-corrected chi connectivity index (χ1v) is 4.58. The van der Waals surface area contributed by atoms with Crippen molar-refractivity contribution in [2.75, 3.05) is 11.6 Å². The molecule has 1 amide bonds. The quantitative estimate of drug-likeness (QED) is 0.558. The van der Waals surface area contributed by atoms with Crippen LogP contribution in [0.15, 0.2) is 30.3 Å². The maximum absolute atomic E-state index is 11.3. The summed E-state index contributed by atoms with van der Waals surface area (Å²) >= 11 is 0. The van der Waals surface area contributed by atoms with E-state index in [1.165, 1.54) is 18.7 Å². The van der Waals surface area contributed by atoms with E-state index in [1.807, 2.05) is 18.2 Å². The van der Waals surface area contributed by atoms with Crippen LogP contribution in [0.3, 0.4) is 0 Å². The molecular formula is C11H13NO3. The lowest BCUT2D eigenvalue weighted by molar-refractivity contribution is -0.141. The van der Waals surface area contributed by atoms with Gasteiger partial charge in [-0.1, -0.05) is 18.2 Å². The Balaban J connectivity index is 2.75. The Bertz CT molecular complexity index is 348. The van der Waals surface area contributed by atoms with Crippen molar-refractivity contribution in [1.82, 2.24) is 0 Å². The SMILES string of the molecule is CC(=O)OCN(C(C)=O)c1ccccc1. The van der Waals surface area contributed by atoms with Crippen LogP contribution in [0.5, 0.6) is 0 Å². The van der Waals surface area contributed by atoms with Crippen molar-refractivity contribution in [3.8, 4) is 0 Å². The van der Waals surface area contributed by atoms with Crippen LogP contribution >= 0.6 is 0 Å². The van der Waals surface area contributed by atoms with Crippen molar-refractivity contribution >= 4 is 17.6 Å². The number of para-hydroxylation sites is 1. The molecule has 0 spiro atoms. The first-order valence-electron chi connectivity index (χ1n) is 4.58. The molecule has 0 saturated heterocycles. The van der Waals surface area contributed by atoms with Gasteiger partial charge in [-0.25, -0.2) is 0 Å². The van der Waals surface area contributed by atoms with Gasteiger partial charge >= 0.3 is 5.97 Å². The zero-order chi connectivity index (χ0) is 11.3. The topological polar surface area (TPSA) is 46.6 Å². The molecule has 0 bridgehead atoms. The molecule has 1 aromatic carbocycles. The molecule has 80 valence electrons. The number of amides is 1. The molecule has 0 saturated carbocycles. The molecule has 0 fully saturated rings. The highest BCUT2D eigenvalue weighted by atomic mass is 16.5. The van der Waals surface area contributed by atoms with Crippen molar-refractivity contribution in [3.63, 3.8) is 0 Å². The zero-order valence-corrected chi connectivity index (χ0v) is 8.77. The molecule has 0 aromatic heterocycles. The Morgan fingerprint density at radius 3 is 2.27 bits per heavy atom. The zero-order valence-electron chi connectivity index (χ0n) is 8.77. The molecule has 0 heterocycles. The van der Waals surface area contributed by atoms with Crippen molar-refractivity contribution in [1.29, 1.82) is 0 Å². The summed E-state index contributed by atoms with van der Waals surface area (Å²) < 4.78 is 4.79. The molecular weight excluding hydrogens is 194 g/mol. The van der Waals surface area contributed by atoms with Crippen molar-refractivity contribution in [3.05, 3.63) is 30.3 Å². The summed E-state index contributed by atoms with van der Waals surface area (Å²) in [7, 11) is 0. The maximum atomic E-state index is 11.3. The second kappa shape index (κ2) is 5.14. The van der Waals surface area contributed by atoms with Gasteiger partial charge in [0.15, 0.2) is 6.73 Å². The van der Waals surface area contributed by atoms with Gasteiger partial charge in [0, 0.05) is 19.5 Å². The van der Waals surface area contributed by atoms with Crippen LogP contribution in [0, 0.1) is 0 Å². The van der Waals surface area contributed by atoms with Gasteiger partial charge in [-0.05, 0) is 12.1 Å². The van der Waals surface area contributed by atoms with Gasteiger partial charge in [-0.15, -0.1) is 0 Å². The summed E-state index contributed by atoms with van der Waals surface area (Å²) in [4.78, 5) is 23.3. The Morgan fingerprint density at radius 1 is 1.20 bits per heavy atom. The predicted octanol–water partition coefficient (Wildman–Crippen LogP) is 1.56. The number of anilines is 1. The van der Waals surface area contributed by atoms with Crippen LogP contribution in [0.25, 0.3) is 0 Å². The van der Waals surface area contributed by atoms with E-state index in [0.717, 1.165) is 0 Å². The molecule has 0 N–H and O–H groups in total. The lowest BCUT2D eigenvalue weighted by atomic mass is 10.3. The van der Waals surface area contributed by atoms with Gasteiger partial charge in [-0.3, -0.25) is 14.5 Å². The fourth-order valence-electron chi connectivity index (χ4n) is 1.11. The largest absolute Gasteiger partial charge is 0.444 e. The number of hydrogen-bond donors (Lipinski definition) is 0. The molecule has 0 aliphatic rings. The van der Waals surface area contributed by atoms with Crippen LogP contribution in [0.2, 0.25) is 0 Å². The summed E-state index contributed by atoms with van der Waals surface area (Å²) in [6, 6.07) is 9.06. The van der Waals surface area contributed by atoms with E-state index in [1.54, 1.807) is 12.1 Å². The van der Waals surface area contributed by atoms with E-state index in [4.69, 9.17) is 4.74 Å². The van der Waals surface area contributed by atoms with Crippen molar-refractivity contribution in [2.24, 2.45) is 0 Å². The minimum atomic E-state index is -0.405. The van der Waals surface area contributed by atoms with Crippen LogP contribution in [0.4, 0.5) is 5.69 Å². The third-order valence-electron chi connectivity index (χ3n) is 1.84. The monoisotopic (exact) mass is 207 g/mol. The minimum Gasteiger partial charge on any atom is -0.444 e. The molecule has 0 aliphatic carbocycles. The lowest BCUT2D eigenvalue weighted by Crippen LogP contribution is -2.31. The molecule has 0 unspecified atom stereocenters. The standard InChI is InChI=1S/C11H13NO3/c1-9(13)12(8-15-10(2)14)11-6-4-3-5-7-11/h3-7H,8H2,1-2H3. The first kappa shape index (κ1) is 11.2. The van der Waals surface area contributed by atoms with Gasteiger partial charge in [0.05, 0.1) is 0 Å². The first-order chi connectivity index (χ1) is 7.11. The third-order valence-corrected chi connectivity index (χ3v) is 1.84. The van der Waals surface area contributed by atoms with Gasteiger partial charge in [-0.2, -0.15) is 0 Å². The van der Waals surface area contributed by atoms with Crippen LogP contribution < -0.4 is 4.90 Å². The fraction of sp³-hybridized carbons (Fsp3) is 0.273. The summed E-state index contributed by atoms with van der Waals surface area (Å²) in [5, 5.41) is 0. The molecule has 4 nitrogen and oxygen atoms in total. The summed E-state index contributed by atoms with van der Waals surface area (Å²) in [5.41, 5.74) is 0.714. The van der Waals surface area contributed by atoms with E-state index in [9.17, 15) is 9.59 Å². The second-order valence-corrected chi connectivity index (χ2v) is 3.05. The molecule has 1 rings (SSSR count). The Hall–Kier alpha value is -1.84. The minimum absolute atomic E-state index is 0.0469. The Morgan fingerprint density at radius 2 is 1.80 bits per heavy atom. The van der Waals surface area contributed by atoms with Crippen LogP contribution in [-0.4, -0.2) is 18.6 Å². The number of esters is 1. The van der Waals surface area contributed by atoms with E-state index in [-0.39, 0.29) is 12.6 Å². The summed E-state index contributed by atoms with van der Waals surface area (Å²) in [6.07, 6.45) is 0. The molecule has 4 heteroatoms. The maximum Gasteiger partial charge on any atom is 0.304 e. The van der Waals surface area contributed by atoms with Gasteiger partial charge < -0.3 is 4.74 Å². The number of carbonyl (C=O) groups is 2. The van der Waals surface area contributed by atoms with Crippen molar-refractivity contribution < 1.29 is 14.3 Å². The van der Waals surface area contributed by atoms with Crippen molar-refractivity contribution in [2.45, 2.75) is 13.8 Å². The Kier molecular flexibility index (Phi) is 3.85. The normalized spacial score (nSPS) is 9.47. The van der Waals surface area contributed by atoms with E-state index in [0.29, 0.717) is 5.69 Å². The van der Waals surface area contributed by atoms with Gasteiger partial charge in [0.1, 0.15) is 0 Å². The van der Waals surface area contributed by atoms with Gasteiger partial charge in [0.2, 0.25) is 5.91 Å². The number of carbonyl (C=O) groups excluding carboxylic acids is 2. The number of ether oxygens (including phenoxy) is 1. The smallest absolute Gasteiger partial charge is 0.304 e. The summed E-state index contributed by atoms with van der Waals surface area (Å²) in [6.45, 7) is 2.69.